The van der Waals surface area contributed by atoms with Gasteiger partial charge < -0.3 is 10.5 Å². The fraction of sp³-hybridized carbons (Fsp3) is 0. The number of nitrogens with two attached hydrogens (primary N) is 1. The minimum Gasteiger partial charge on any atom is -0.423 e. The average Bonchev–Trinajstić information content (AvgIpc) is 2.98. The number of carbonyl (C=O) groups excluding carboxylic acids is 3. The van der Waals surface area contributed by atoms with E-state index in [9.17, 15) is 14.4 Å². The molecule has 1 aliphatic carbocycles. The molecule has 2 N–H and O–H groups in total. The van der Waals surface area contributed by atoms with Crippen LogP contribution in [0.25, 0.3) is 11.1 Å². The van der Waals surface area contributed by atoms with E-state index < -0.39 is 11.8 Å². The van der Waals surface area contributed by atoms with E-state index in [1.165, 1.54) is 11.8 Å². The lowest BCUT2D eigenvalue weighted by Crippen LogP contribution is -2.25. The number of rotatable bonds is 5. The van der Waals surface area contributed by atoms with E-state index in [4.69, 9.17) is 10.5 Å². The van der Waals surface area contributed by atoms with Crippen molar-refractivity contribution in [2.24, 2.45) is 0 Å². The lowest BCUT2D eigenvalue weighted by Gasteiger charge is -2.23. The summed E-state index contributed by atoms with van der Waals surface area (Å²) in [5.74, 6) is -1.06. The van der Waals surface area contributed by atoms with Crippen LogP contribution in [0.3, 0.4) is 0 Å². The Morgan fingerprint density at radius 3 is 1.82 bits per heavy atom. The summed E-state index contributed by atoms with van der Waals surface area (Å²) in [5.41, 5.74) is 9.34. The quantitative estimate of drug-likeness (QED) is 0.146. The molecule has 5 aromatic carbocycles. The van der Waals surface area contributed by atoms with E-state index in [0.717, 1.165) is 16.0 Å². The topological polar surface area (TPSA) is 86.5 Å². The molecule has 0 unspecified atom stereocenters. The number of hydrogen-bond acceptors (Lipinski definition) is 6. The number of carbonyl (C=O) groups is 3. The molecular formula is C33H21NO4S. The van der Waals surface area contributed by atoms with Gasteiger partial charge in [0.15, 0.2) is 11.6 Å². The molecule has 0 atom stereocenters. The summed E-state index contributed by atoms with van der Waals surface area (Å²) < 4.78 is 5.55. The van der Waals surface area contributed by atoms with Crippen LogP contribution in [0.5, 0.6) is 5.75 Å². The van der Waals surface area contributed by atoms with E-state index in [1.54, 1.807) is 54.6 Å². The van der Waals surface area contributed by atoms with Gasteiger partial charge in [0.1, 0.15) is 5.75 Å². The molecule has 0 aliphatic heterocycles. The van der Waals surface area contributed by atoms with Gasteiger partial charge in [-0.2, -0.15) is 0 Å². The van der Waals surface area contributed by atoms with Gasteiger partial charge in [0.05, 0.1) is 16.8 Å². The molecule has 39 heavy (non-hydrogen) atoms. The Kier molecular flexibility index (Phi) is 6.31. The molecule has 0 radical (unpaired) electrons. The van der Waals surface area contributed by atoms with Gasteiger partial charge in [0.2, 0.25) is 0 Å². The van der Waals surface area contributed by atoms with Gasteiger partial charge in [0, 0.05) is 26.5 Å². The summed E-state index contributed by atoms with van der Waals surface area (Å²) in [6.45, 7) is 0. The molecule has 0 saturated heterocycles. The third-order valence-corrected chi connectivity index (χ3v) is 7.61. The van der Waals surface area contributed by atoms with Crippen LogP contribution in [0.4, 0.5) is 5.69 Å². The average molecular weight is 528 g/mol. The highest BCUT2D eigenvalue weighted by Crippen LogP contribution is 2.42. The summed E-state index contributed by atoms with van der Waals surface area (Å²) in [4.78, 5) is 41.9. The van der Waals surface area contributed by atoms with Crippen molar-refractivity contribution in [3.05, 3.63) is 143 Å². The highest BCUT2D eigenvalue weighted by Gasteiger charge is 2.36. The molecule has 0 bridgehead atoms. The predicted octanol–water partition coefficient (Wildman–Crippen LogP) is 7.08. The normalized spacial score (nSPS) is 12.0. The maximum atomic E-state index is 13.7. The monoisotopic (exact) mass is 527 g/mol. The number of esters is 1. The van der Waals surface area contributed by atoms with Crippen molar-refractivity contribution in [1.82, 2.24) is 0 Å². The molecule has 0 aromatic heterocycles. The zero-order chi connectivity index (χ0) is 26.9. The number of hydrogen-bond donors (Lipinski definition) is 1. The molecule has 6 rings (SSSR count). The van der Waals surface area contributed by atoms with Gasteiger partial charge in [-0.05, 0) is 41.5 Å². The molecule has 5 nitrogen and oxygen atoms in total. The second kappa shape index (κ2) is 10.1. The largest absolute Gasteiger partial charge is 0.423 e. The minimum atomic E-state index is -0.707. The minimum absolute atomic E-state index is 0.0292. The molecule has 6 heteroatoms. The van der Waals surface area contributed by atoms with Crippen molar-refractivity contribution in [3.63, 3.8) is 0 Å². The van der Waals surface area contributed by atoms with E-state index in [0.29, 0.717) is 16.2 Å². The number of anilines is 1. The predicted molar refractivity (Wildman–Crippen MR) is 152 cm³/mol. The van der Waals surface area contributed by atoms with Gasteiger partial charge in [-0.3, -0.25) is 9.59 Å². The molecule has 0 spiro atoms. The van der Waals surface area contributed by atoms with Crippen molar-refractivity contribution in [3.8, 4) is 16.9 Å². The van der Waals surface area contributed by atoms with E-state index in [-0.39, 0.29) is 33.7 Å². The summed E-state index contributed by atoms with van der Waals surface area (Å²) in [5, 5.41) is 0. The first-order chi connectivity index (χ1) is 19.0. The summed E-state index contributed by atoms with van der Waals surface area (Å²) in [7, 11) is 0. The highest BCUT2D eigenvalue weighted by molar-refractivity contribution is 7.99. The second-order valence-electron chi connectivity index (χ2n) is 8.98. The van der Waals surface area contributed by atoms with E-state index in [1.807, 2.05) is 60.7 Å². The van der Waals surface area contributed by atoms with Gasteiger partial charge >= 0.3 is 5.97 Å². The number of benzene rings is 5. The van der Waals surface area contributed by atoms with Crippen LogP contribution in [0, 0.1) is 0 Å². The third kappa shape index (κ3) is 4.51. The standard InChI is InChI=1S/C33H21NO4S/c34-30-26(33(37)38-22-11-5-2-6-12-22)19-27(28-29(30)32(36)25-14-8-7-13-24(25)31(28)35)39-23-17-15-21(16-18-23)20-9-3-1-4-10-20/h1-19H,34H2. The first-order valence-electron chi connectivity index (χ1n) is 12.3. The first-order valence-corrected chi connectivity index (χ1v) is 13.1. The maximum absolute atomic E-state index is 13.7. The third-order valence-electron chi connectivity index (χ3n) is 6.56. The molecular weight excluding hydrogens is 506 g/mol. The van der Waals surface area contributed by atoms with Crippen molar-refractivity contribution in [2.75, 3.05) is 5.73 Å². The zero-order valence-electron chi connectivity index (χ0n) is 20.6. The van der Waals surface area contributed by atoms with Gasteiger partial charge in [-0.15, -0.1) is 0 Å². The van der Waals surface area contributed by atoms with E-state index >= 15 is 0 Å². The Hall–Kier alpha value is -4.94. The van der Waals surface area contributed by atoms with Crippen LogP contribution in [0.2, 0.25) is 0 Å². The van der Waals surface area contributed by atoms with Crippen LogP contribution < -0.4 is 10.5 Å². The van der Waals surface area contributed by atoms with Crippen molar-refractivity contribution in [1.29, 1.82) is 0 Å². The summed E-state index contributed by atoms with van der Waals surface area (Å²) in [6.07, 6.45) is 0. The molecule has 0 fully saturated rings. The number of fused-ring (bicyclic) bond motifs is 2. The molecule has 1 aliphatic rings. The Morgan fingerprint density at radius 1 is 0.641 bits per heavy atom. The van der Waals surface area contributed by atoms with Crippen LogP contribution in [0.15, 0.2) is 125 Å². The molecule has 0 saturated carbocycles. The molecule has 0 amide bonds. The lowest BCUT2D eigenvalue weighted by molar-refractivity contribution is 0.0735. The van der Waals surface area contributed by atoms with Crippen LogP contribution in [-0.4, -0.2) is 17.5 Å². The van der Waals surface area contributed by atoms with Crippen molar-refractivity contribution < 1.29 is 19.1 Å². The second-order valence-corrected chi connectivity index (χ2v) is 10.1. The van der Waals surface area contributed by atoms with Crippen molar-refractivity contribution in [2.45, 2.75) is 9.79 Å². The molecule has 5 aromatic rings. The Labute approximate surface area is 229 Å². The Bertz CT molecular complexity index is 1750. The van der Waals surface area contributed by atoms with Gasteiger partial charge in [-0.25, -0.2) is 4.79 Å². The van der Waals surface area contributed by atoms with E-state index in [2.05, 4.69) is 0 Å². The summed E-state index contributed by atoms with van der Waals surface area (Å²) >= 11 is 1.30. The fourth-order valence-corrected chi connectivity index (χ4v) is 5.66. The van der Waals surface area contributed by atoms with Crippen LogP contribution in [-0.2, 0) is 0 Å². The van der Waals surface area contributed by atoms with Crippen LogP contribution in [0.1, 0.15) is 42.2 Å². The maximum Gasteiger partial charge on any atom is 0.345 e. The zero-order valence-corrected chi connectivity index (χ0v) is 21.4. The van der Waals surface area contributed by atoms with Crippen molar-refractivity contribution >= 4 is 35.0 Å². The lowest BCUT2D eigenvalue weighted by atomic mass is 9.82. The highest BCUT2D eigenvalue weighted by atomic mass is 32.2. The van der Waals surface area contributed by atoms with Crippen LogP contribution >= 0.6 is 11.8 Å². The first kappa shape index (κ1) is 24.4. The number of ether oxygens (including phenoxy) is 1. The fourth-order valence-electron chi connectivity index (χ4n) is 4.66. The van der Waals surface area contributed by atoms with Gasteiger partial charge in [0.25, 0.3) is 0 Å². The number of nitrogen functional groups attached to an aromatic ring is 1. The number of para-hydroxylation sites is 1. The molecule has 0 heterocycles. The summed E-state index contributed by atoms with van der Waals surface area (Å²) in [6, 6.07) is 34.7. The number of ketones is 2. The SMILES string of the molecule is Nc1c(C(=O)Oc2ccccc2)cc(Sc2ccc(-c3ccccc3)cc2)c2c1C(=O)c1ccccc1C2=O. The Morgan fingerprint density at radius 2 is 1.18 bits per heavy atom. The Balaban J connectivity index is 1.45. The smallest absolute Gasteiger partial charge is 0.345 e. The van der Waals surface area contributed by atoms with Gasteiger partial charge in [-0.1, -0.05) is 96.7 Å². The molecule has 188 valence electrons.